The van der Waals surface area contributed by atoms with Gasteiger partial charge in [0.15, 0.2) is 0 Å². The van der Waals surface area contributed by atoms with Gasteiger partial charge in [-0.15, -0.1) is 0 Å². The fourth-order valence-corrected chi connectivity index (χ4v) is 2.64. The Morgan fingerprint density at radius 2 is 1.88 bits per heavy atom. The molecule has 0 aliphatic heterocycles. The predicted molar refractivity (Wildman–Crippen MR) is 102 cm³/mol. The van der Waals surface area contributed by atoms with Crippen molar-refractivity contribution < 1.29 is 9.53 Å². The number of carbonyl (C=O) groups is 1. The van der Waals surface area contributed by atoms with Gasteiger partial charge in [0.25, 0.3) is 5.91 Å². The first-order valence-electron chi connectivity index (χ1n) is 7.92. The van der Waals surface area contributed by atoms with Gasteiger partial charge in [0.1, 0.15) is 5.75 Å². The normalized spacial score (nSPS) is 11.0. The van der Waals surface area contributed by atoms with Crippen molar-refractivity contribution in [3.63, 3.8) is 0 Å². The molecule has 0 aliphatic carbocycles. The minimum atomic E-state index is -0.300. The van der Waals surface area contributed by atoms with Gasteiger partial charge in [0.05, 0.1) is 12.8 Å². The molecule has 0 fully saturated rings. The Balaban J connectivity index is 1.86. The lowest BCUT2D eigenvalue weighted by Gasteiger charge is -2.10. The number of hydrogen-bond donors (Lipinski definition) is 1. The van der Waals surface area contributed by atoms with Crippen molar-refractivity contribution in [2.75, 3.05) is 6.61 Å². The van der Waals surface area contributed by atoms with Crippen LogP contribution in [-0.2, 0) is 0 Å². The number of halogens is 1. The summed E-state index contributed by atoms with van der Waals surface area (Å²) in [5.41, 5.74) is 3.85. The molecule has 0 saturated heterocycles. The number of nitrogens with zero attached hydrogens (tertiary/aromatic N) is 1. The van der Waals surface area contributed by atoms with Crippen molar-refractivity contribution in [2.24, 2.45) is 5.10 Å². The van der Waals surface area contributed by atoms with Crippen molar-refractivity contribution >= 4 is 34.5 Å². The van der Waals surface area contributed by atoms with Crippen LogP contribution < -0.4 is 10.2 Å². The van der Waals surface area contributed by atoms with Crippen molar-refractivity contribution in [1.82, 2.24) is 5.43 Å². The number of hydrazone groups is 1. The van der Waals surface area contributed by atoms with E-state index in [0.717, 1.165) is 22.1 Å². The number of ether oxygens (including phenoxy) is 1. The first-order chi connectivity index (χ1) is 12.2. The van der Waals surface area contributed by atoms with Crippen LogP contribution in [0.5, 0.6) is 5.75 Å². The standard InChI is InChI=1S/C20H17ClN2O2/c1-2-25-19-12-9-14-5-3-4-6-17(14)18(19)13-22-23-20(24)15-7-10-16(21)11-8-15/h3-13H,2H2,1H3,(H,23,24)/b22-13-. The number of amides is 1. The van der Waals surface area contributed by atoms with Crippen molar-refractivity contribution in [2.45, 2.75) is 6.92 Å². The Kier molecular flexibility index (Phi) is 5.31. The molecule has 0 saturated carbocycles. The summed E-state index contributed by atoms with van der Waals surface area (Å²) in [6.07, 6.45) is 1.61. The Labute approximate surface area is 151 Å². The lowest BCUT2D eigenvalue weighted by Crippen LogP contribution is -2.17. The fraction of sp³-hybridized carbons (Fsp3) is 0.100. The minimum Gasteiger partial charge on any atom is -0.493 e. The molecule has 0 spiro atoms. The summed E-state index contributed by atoms with van der Waals surface area (Å²) in [7, 11) is 0. The number of nitrogens with one attached hydrogen (secondary N) is 1. The van der Waals surface area contributed by atoms with E-state index in [0.29, 0.717) is 17.2 Å². The van der Waals surface area contributed by atoms with Gasteiger partial charge in [-0.25, -0.2) is 5.43 Å². The molecule has 0 aliphatic rings. The van der Waals surface area contributed by atoms with E-state index in [4.69, 9.17) is 16.3 Å². The second-order valence-electron chi connectivity index (χ2n) is 5.34. The number of carbonyl (C=O) groups excluding carboxylic acids is 1. The largest absolute Gasteiger partial charge is 0.493 e. The molecule has 3 aromatic carbocycles. The van der Waals surface area contributed by atoms with Gasteiger partial charge in [0, 0.05) is 16.1 Å². The highest BCUT2D eigenvalue weighted by Gasteiger charge is 2.07. The molecule has 3 aromatic rings. The molecule has 0 aromatic heterocycles. The van der Waals surface area contributed by atoms with E-state index in [9.17, 15) is 4.79 Å². The van der Waals surface area contributed by atoms with Crippen LogP contribution >= 0.6 is 11.6 Å². The quantitative estimate of drug-likeness (QED) is 0.536. The number of fused-ring (bicyclic) bond motifs is 1. The zero-order chi connectivity index (χ0) is 17.6. The zero-order valence-corrected chi connectivity index (χ0v) is 14.5. The van der Waals surface area contributed by atoms with Crippen LogP contribution in [0.2, 0.25) is 5.02 Å². The third kappa shape index (κ3) is 3.98. The maximum atomic E-state index is 12.1. The number of benzene rings is 3. The van der Waals surface area contributed by atoms with E-state index in [1.165, 1.54) is 0 Å². The Morgan fingerprint density at radius 3 is 2.64 bits per heavy atom. The lowest BCUT2D eigenvalue weighted by atomic mass is 10.0. The Morgan fingerprint density at radius 1 is 1.12 bits per heavy atom. The van der Waals surface area contributed by atoms with Crippen LogP contribution in [0.25, 0.3) is 10.8 Å². The van der Waals surface area contributed by atoms with Gasteiger partial charge in [-0.1, -0.05) is 41.9 Å². The summed E-state index contributed by atoms with van der Waals surface area (Å²) in [4.78, 5) is 12.1. The molecule has 5 heteroatoms. The summed E-state index contributed by atoms with van der Waals surface area (Å²) in [6.45, 7) is 2.48. The third-order valence-electron chi connectivity index (χ3n) is 3.70. The van der Waals surface area contributed by atoms with Crippen molar-refractivity contribution in [1.29, 1.82) is 0 Å². The fourth-order valence-electron chi connectivity index (χ4n) is 2.51. The molecule has 3 rings (SSSR count). The summed E-state index contributed by atoms with van der Waals surface area (Å²) in [5.74, 6) is 0.428. The van der Waals surface area contributed by atoms with Crippen LogP contribution in [-0.4, -0.2) is 18.7 Å². The van der Waals surface area contributed by atoms with E-state index >= 15 is 0 Å². The van der Waals surface area contributed by atoms with E-state index in [1.54, 1.807) is 30.5 Å². The molecule has 4 nitrogen and oxygen atoms in total. The smallest absolute Gasteiger partial charge is 0.271 e. The minimum absolute atomic E-state index is 0.300. The third-order valence-corrected chi connectivity index (χ3v) is 3.95. The first kappa shape index (κ1) is 17.0. The van der Waals surface area contributed by atoms with Crippen LogP contribution in [0, 0.1) is 0 Å². The molecule has 0 heterocycles. The first-order valence-corrected chi connectivity index (χ1v) is 8.30. The molecule has 1 amide bonds. The summed E-state index contributed by atoms with van der Waals surface area (Å²) >= 11 is 5.83. The van der Waals surface area contributed by atoms with Crippen LogP contribution in [0.1, 0.15) is 22.8 Å². The van der Waals surface area contributed by atoms with Crippen molar-refractivity contribution in [3.05, 3.63) is 76.8 Å². The SMILES string of the molecule is CCOc1ccc2ccccc2c1/C=N\NC(=O)c1ccc(Cl)cc1. The predicted octanol–water partition coefficient (Wildman–Crippen LogP) is 4.66. The second kappa shape index (κ2) is 7.81. The van der Waals surface area contributed by atoms with Crippen molar-refractivity contribution in [3.8, 4) is 5.75 Å². The lowest BCUT2D eigenvalue weighted by molar-refractivity contribution is 0.0955. The second-order valence-corrected chi connectivity index (χ2v) is 5.77. The highest BCUT2D eigenvalue weighted by molar-refractivity contribution is 6.30. The average molecular weight is 353 g/mol. The Hall–Kier alpha value is -2.85. The molecule has 126 valence electrons. The highest BCUT2D eigenvalue weighted by atomic mass is 35.5. The highest BCUT2D eigenvalue weighted by Crippen LogP contribution is 2.26. The van der Waals surface area contributed by atoms with Crippen LogP contribution in [0.4, 0.5) is 0 Å². The average Bonchev–Trinajstić information content (AvgIpc) is 2.64. The van der Waals surface area contributed by atoms with E-state index in [1.807, 2.05) is 43.3 Å². The van der Waals surface area contributed by atoms with Crippen LogP contribution in [0.3, 0.4) is 0 Å². The van der Waals surface area contributed by atoms with Gasteiger partial charge in [-0.05, 0) is 48.0 Å². The van der Waals surface area contributed by atoms with Gasteiger partial charge in [-0.3, -0.25) is 4.79 Å². The molecular weight excluding hydrogens is 336 g/mol. The number of rotatable bonds is 5. The topological polar surface area (TPSA) is 50.7 Å². The van der Waals surface area contributed by atoms with Gasteiger partial charge in [0.2, 0.25) is 0 Å². The molecule has 0 atom stereocenters. The van der Waals surface area contributed by atoms with Gasteiger partial charge < -0.3 is 4.74 Å². The van der Waals surface area contributed by atoms with Crippen LogP contribution in [0.15, 0.2) is 65.8 Å². The summed E-state index contributed by atoms with van der Waals surface area (Å²) in [6, 6.07) is 18.5. The zero-order valence-electron chi connectivity index (χ0n) is 13.7. The van der Waals surface area contributed by atoms with Gasteiger partial charge in [-0.2, -0.15) is 5.10 Å². The van der Waals surface area contributed by atoms with E-state index in [-0.39, 0.29) is 5.91 Å². The summed E-state index contributed by atoms with van der Waals surface area (Å²) < 4.78 is 5.68. The maximum absolute atomic E-state index is 12.1. The molecule has 1 N–H and O–H groups in total. The van der Waals surface area contributed by atoms with Gasteiger partial charge >= 0.3 is 0 Å². The number of hydrogen-bond acceptors (Lipinski definition) is 3. The van der Waals surface area contributed by atoms with E-state index < -0.39 is 0 Å². The molecule has 0 bridgehead atoms. The Bertz CT molecular complexity index is 921. The molecule has 25 heavy (non-hydrogen) atoms. The molecule has 0 radical (unpaired) electrons. The summed E-state index contributed by atoms with van der Waals surface area (Å²) in [5, 5.41) is 6.77. The maximum Gasteiger partial charge on any atom is 0.271 e. The van der Waals surface area contributed by atoms with E-state index in [2.05, 4.69) is 10.5 Å². The molecule has 0 unspecified atom stereocenters. The molecular formula is C20H17ClN2O2. The monoisotopic (exact) mass is 352 g/mol.